The molecular formula is C19H19N3O4. The third-order valence-electron chi connectivity index (χ3n) is 4.64. The van der Waals surface area contributed by atoms with Crippen LogP contribution in [0.1, 0.15) is 12.1 Å². The molecule has 0 aliphatic carbocycles. The molecule has 0 N–H and O–H groups in total. The van der Waals surface area contributed by atoms with Crippen LogP contribution in [0, 0.1) is 5.92 Å². The molecule has 1 aromatic heterocycles. The van der Waals surface area contributed by atoms with E-state index in [2.05, 4.69) is 4.98 Å². The van der Waals surface area contributed by atoms with Crippen LogP contribution in [0.15, 0.2) is 42.6 Å². The van der Waals surface area contributed by atoms with E-state index >= 15 is 0 Å². The molecule has 134 valence electrons. The van der Waals surface area contributed by atoms with Crippen LogP contribution < -0.4 is 14.4 Å². The first-order valence-corrected chi connectivity index (χ1v) is 8.47. The summed E-state index contributed by atoms with van der Waals surface area (Å²) in [4.78, 5) is 32.7. The van der Waals surface area contributed by atoms with E-state index in [-0.39, 0.29) is 30.9 Å². The molecule has 2 aliphatic heterocycles. The van der Waals surface area contributed by atoms with Gasteiger partial charge in [-0.25, -0.2) is 0 Å². The molecule has 1 aromatic carbocycles. The van der Waals surface area contributed by atoms with Crippen LogP contribution in [0.4, 0.5) is 5.69 Å². The van der Waals surface area contributed by atoms with Gasteiger partial charge in [-0.15, -0.1) is 0 Å². The van der Waals surface area contributed by atoms with Crippen LogP contribution in [-0.4, -0.2) is 42.1 Å². The molecule has 1 fully saturated rings. The Morgan fingerprint density at radius 2 is 2.12 bits per heavy atom. The maximum atomic E-state index is 12.7. The zero-order valence-corrected chi connectivity index (χ0v) is 14.4. The van der Waals surface area contributed by atoms with Crippen molar-refractivity contribution in [3.63, 3.8) is 0 Å². The third-order valence-corrected chi connectivity index (χ3v) is 4.64. The highest BCUT2D eigenvalue weighted by Crippen LogP contribution is 2.37. The molecule has 0 spiro atoms. The number of nitrogens with zero attached hydrogens (tertiary/aromatic N) is 3. The topological polar surface area (TPSA) is 72.0 Å². The van der Waals surface area contributed by atoms with Gasteiger partial charge in [-0.1, -0.05) is 6.07 Å². The Morgan fingerprint density at radius 3 is 2.92 bits per heavy atom. The van der Waals surface area contributed by atoms with Gasteiger partial charge < -0.3 is 19.3 Å². The van der Waals surface area contributed by atoms with Gasteiger partial charge in [0.05, 0.1) is 18.2 Å². The fourth-order valence-corrected chi connectivity index (χ4v) is 3.30. The molecule has 2 amide bonds. The standard InChI is InChI=1S/C19H19N3O4/c1-21(11-14-4-2-3-7-20-14)19(24)13-8-18(23)22(10-13)15-5-6-16-17(9-15)26-12-25-16/h2-7,9,13H,8,10-12H2,1H3/t13-/m1/s1. The van der Waals surface area contributed by atoms with Crippen molar-refractivity contribution in [1.82, 2.24) is 9.88 Å². The fraction of sp³-hybridized carbons (Fsp3) is 0.316. The summed E-state index contributed by atoms with van der Waals surface area (Å²) in [5, 5.41) is 0. The lowest BCUT2D eigenvalue weighted by molar-refractivity contribution is -0.135. The van der Waals surface area contributed by atoms with Gasteiger partial charge in [0, 0.05) is 38.0 Å². The number of anilines is 1. The second-order valence-corrected chi connectivity index (χ2v) is 6.46. The average molecular weight is 353 g/mol. The van der Waals surface area contributed by atoms with Crippen LogP contribution in [0.2, 0.25) is 0 Å². The second-order valence-electron chi connectivity index (χ2n) is 6.46. The minimum absolute atomic E-state index is 0.0488. The molecule has 3 heterocycles. The molecule has 26 heavy (non-hydrogen) atoms. The van der Waals surface area contributed by atoms with Gasteiger partial charge in [-0.2, -0.15) is 0 Å². The second kappa shape index (κ2) is 6.67. The first-order valence-electron chi connectivity index (χ1n) is 8.47. The molecule has 4 rings (SSSR count). The predicted molar refractivity (Wildman–Crippen MR) is 93.7 cm³/mol. The monoisotopic (exact) mass is 353 g/mol. The number of carbonyl (C=O) groups excluding carboxylic acids is 2. The number of fused-ring (bicyclic) bond motifs is 1. The van der Waals surface area contributed by atoms with Crippen LogP contribution >= 0.6 is 0 Å². The lowest BCUT2D eigenvalue weighted by Gasteiger charge is -2.21. The van der Waals surface area contributed by atoms with Crippen LogP contribution in [0.5, 0.6) is 11.5 Å². The van der Waals surface area contributed by atoms with E-state index in [4.69, 9.17) is 9.47 Å². The van der Waals surface area contributed by atoms with Crippen LogP contribution in [-0.2, 0) is 16.1 Å². The normalized spacial score (nSPS) is 18.3. The highest BCUT2D eigenvalue weighted by atomic mass is 16.7. The number of hydrogen-bond donors (Lipinski definition) is 0. The van der Waals surface area contributed by atoms with E-state index in [1.54, 1.807) is 35.2 Å². The highest BCUT2D eigenvalue weighted by molar-refractivity contribution is 6.00. The number of hydrogen-bond acceptors (Lipinski definition) is 5. The zero-order chi connectivity index (χ0) is 18.1. The Bertz CT molecular complexity index is 840. The fourth-order valence-electron chi connectivity index (χ4n) is 3.30. The van der Waals surface area contributed by atoms with Crippen molar-refractivity contribution in [2.75, 3.05) is 25.3 Å². The third kappa shape index (κ3) is 3.08. The lowest BCUT2D eigenvalue weighted by atomic mass is 10.1. The van der Waals surface area contributed by atoms with Gasteiger partial charge >= 0.3 is 0 Å². The Morgan fingerprint density at radius 1 is 1.27 bits per heavy atom. The van der Waals surface area contributed by atoms with Crippen molar-refractivity contribution in [2.24, 2.45) is 5.92 Å². The predicted octanol–water partition coefficient (Wildman–Crippen LogP) is 1.82. The van der Waals surface area contributed by atoms with E-state index in [0.29, 0.717) is 24.6 Å². The van der Waals surface area contributed by atoms with Crippen molar-refractivity contribution in [1.29, 1.82) is 0 Å². The van der Waals surface area contributed by atoms with Gasteiger partial charge in [-0.3, -0.25) is 14.6 Å². The minimum atomic E-state index is -0.360. The summed E-state index contributed by atoms with van der Waals surface area (Å²) in [7, 11) is 1.74. The summed E-state index contributed by atoms with van der Waals surface area (Å²) >= 11 is 0. The number of carbonyl (C=O) groups is 2. The number of pyridine rings is 1. The smallest absolute Gasteiger partial charge is 0.231 e. The molecule has 1 atom stereocenters. The molecular weight excluding hydrogens is 334 g/mol. The average Bonchev–Trinajstić information content (AvgIpc) is 3.27. The Hall–Kier alpha value is -3.09. The van der Waals surface area contributed by atoms with Gasteiger partial charge in [-0.05, 0) is 24.3 Å². The van der Waals surface area contributed by atoms with Gasteiger partial charge in [0.15, 0.2) is 11.5 Å². The maximum Gasteiger partial charge on any atom is 0.231 e. The number of benzene rings is 1. The first-order chi connectivity index (χ1) is 12.6. The Balaban J connectivity index is 1.44. The first kappa shape index (κ1) is 16.4. The molecule has 7 nitrogen and oxygen atoms in total. The van der Waals surface area contributed by atoms with Crippen molar-refractivity contribution < 1.29 is 19.1 Å². The van der Waals surface area contributed by atoms with E-state index < -0.39 is 0 Å². The minimum Gasteiger partial charge on any atom is -0.454 e. The Labute approximate surface area is 151 Å². The van der Waals surface area contributed by atoms with Crippen molar-refractivity contribution in [3.8, 4) is 11.5 Å². The highest BCUT2D eigenvalue weighted by Gasteiger charge is 2.37. The lowest BCUT2D eigenvalue weighted by Crippen LogP contribution is -2.34. The van der Waals surface area contributed by atoms with Gasteiger partial charge in [0.25, 0.3) is 0 Å². The molecule has 7 heteroatoms. The van der Waals surface area contributed by atoms with Crippen LogP contribution in [0.3, 0.4) is 0 Å². The quantitative estimate of drug-likeness (QED) is 0.838. The summed E-state index contributed by atoms with van der Waals surface area (Å²) in [6.45, 7) is 0.977. The summed E-state index contributed by atoms with van der Waals surface area (Å²) in [6, 6.07) is 11.0. The molecule has 2 aromatic rings. The molecule has 2 aliphatic rings. The van der Waals surface area contributed by atoms with E-state index in [9.17, 15) is 9.59 Å². The summed E-state index contributed by atoms with van der Waals surface area (Å²) in [6.07, 6.45) is 1.91. The Kier molecular flexibility index (Phi) is 4.20. The molecule has 0 saturated carbocycles. The summed E-state index contributed by atoms with van der Waals surface area (Å²) in [5.74, 6) is 0.822. The number of aromatic nitrogens is 1. The maximum absolute atomic E-state index is 12.7. The van der Waals surface area contributed by atoms with Gasteiger partial charge in [0.2, 0.25) is 18.6 Å². The largest absolute Gasteiger partial charge is 0.454 e. The molecule has 1 saturated heterocycles. The van der Waals surface area contributed by atoms with Crippen molar-refractivity contribution >= 4 is 17.5 Å². The number of rotatable bonds is 4. The zero-order valence-electron chi connectivity index (χ0n) is 14.4. The van der Waals surface area contributed by atoms with E-state index in [1.165, 1.54) is 0 Å². The van der Waals surface area contributed by atoms with Crippen LogP contribution in [0.25, 0.3) is 0 Å². The summed E-state index contributed by atoms with van der Waals surface area (Å²) < 4.78 is 10.7. The number of ether oxygens (including phenoxy) is 2. The number of amides is 2. The van der Waals surface area contributed by atoms with Crippen molar-refractivity contribution in [3.05, 3.63) is 48.3 Å². The van der Waals surface area contributed by atoms with Gasteiger partial charge in [0.1, 0.15) is 0 Å². The summed E-state index contributed by atoms with van der Waals surface area (Å²) in [5.41, 5.74) is 1.54. The molecule has 0 unspecified atom stereocenters. The van der Waals surface area contributed by atoms with E-state index in [0.717, 1.165) is 11.4 Å². The van der Waals surface area contributed by atoms with E-state index in [1.807, 2.05) is 24.3 Å². The SMILES string of the molecule is CN(Cc1ccccn1)C(=O)[C@@H]1CC(=O)N(c2ccc3c(c2)OCO3)C1. The molecule has 0 bridgehead atoms. The molecule has 0 radical (unpaired) electrons. The van der Waals surface area contributed by atoms with Crippen molar-refractivity contribution in [2.45, 2.75) is 13.0 Å².